The summed E-state index contributed by atoms with van der Waals surface area (Å²) in [6.45, 7) is 1.81. The summed E-state index contributed by atoms with van der Waals surface area (Å²) in [5, 5.41) is 2.52. The molecule has 0 saturated heterocycles. The van der Waals surface area contributed by atoms with Gasteiger partial charge in [0.05, 0.1) is 5.56 Å². The molecule has 1 amide bonds. The summed E-state index contributed by atoms with van der Waals surface area (Å²) in [5.74, 6) is -0.621. The maximum Gasteiger partial charge on any atom is 0.416 e. The predicted octanol–water partition coefficient (Wildman–Crippen LogP) is 4.27. The van der Waals surface area contributed by atoms with Gasteiger partial charge in [0.15, 0.2) is 0 Å². The number of rotatable bonds is 2. The van der Waals surface area contributed by atoms with Gasteiger partial charge in [0, 0.05) is 16.9 Å². The van der Waals surface area contributed by atoms with Crippen molar-refractivity contribution in [2.45, 2.75) is 13.1 Å². The highest BCUT2D eigenvalue weighted by molar-refractivity contribution is 6.04. The maximum atomic E-state index is 12.6. The van der Waals surface area contributed by atoms with E-state index in [0.29, 0.717) is 11.4 Å². The lowest BCUT2D eigenvalue weighted by Gasteiger charge is -2.10. The summed E-state index contributed by atoms with van der Waals surface area (Å²) >= 11 is 0. The Balaban J connectivity index is 0.00000242. The fraction of sp³-hybridized carbons (Fsp3) is 0.133. The van der Waals surface area contributed by atoms with Gasteiger partial charge in [-0.05, 0) is 42.8 Å². The van der Waals surface area contributed by atoms with Crippen LogP contribution in [0.25, 0.3) is 0 Å². The van der Waals surface area contributed by atoms with E-state index in [2.05, 4.69) is 5.32 Å². The van der Waals surface area contributed by atoms with Gasteiger partial charge < -0.3 is 11.1 Å². The predicted molar refractivity (Wildman–Crippen MR) is 82.2 cm³/mol. The molecule has 0 aliphatic rings. The van der Waals surface area contributed by atoms with E-state index in [-0.39, 0.29) is 18.0 Å². The second-order valence-corrected chi connectivity index (χ2v) is 4.60. The number of halogens is 4. The molecular formula is C15H14ClF3N2O. The molecule has 2 aromatic rings. The number of benzene rings is 2. The van der Waals surface area contributed by atoms with E-state index in [9.17, 15) is 18.0 Å². The Morgan fingerprint density at radius 3 is 2.41 bits per heavy atom. The zero-order valence-electron chi connectivity index (χ0n) is 11.6. The Morgan fingerprint density at radius 1 is 1.14 bits per heavy atom. The highest BCUT2D eigenvalue weighted by Gasteiger charge is 2.30. The van der Waals surface area contributed by atoms with Gasteiger partial charge in [0.2, 0.25) is 0 Å². The van der Waals surface area contributed by atoms with Gasteiger partial charge in [0.1, 0.15) is 0 Å². The molecule has 22 heavy (non-hydrogen) atoms. The van der Waals surface area contributed by atoms with Crippen LogP contribution in [0.3, 0.4) is 0 Å². The summed E-state index contributed by atoms with van der Waals surface area (Å²) in [7, 11) is 0. The van der Waals surface area contributed by atoms with Crippen molar-refractivity contribution in [1.29, 1.82) is 0 Å². The van der Waals surface area contributed by atoms with Crippen LogP contribution in [0.1, 0.15) is 21.5 Å². The van der Waals surface area contributed by atoms with Gasteiger partial charge in [-0.3, -0.25) is 4.79 Å². The summed E-state index contributed by atoms with van der Waals surface area (Å²) in [5.41, 5.74) is 6.57. The summed E-state index contributed by atoms with van der Waals surface area (Å²) in [6.07, 6.45) is -4.48. The molecule has 0 spiro atoms. The molecule has 0 saturated carbocycles. The van der Waals surface area contributed by atoms with Gasteiger partial charge in [-0.1, -0.05) is 12.1 Å². The number of amides is 1. The quantitative estimate of drug-likeness (QED) is 0.808. The molecule has 0 unspecified atom stereocenters. The standard InChI is InChI=1S/C15H13F3N2O.ClH/c1-9-5-6-12(8-13(9)19)20-14(21)10-3-2-4-11(7-10)15(16,17)18;/h2-8H,19H2,1H3,(H,20,21);1H. The van der Waals surface area contributed by atoms with E-state index in [1.165, 1.54) is 12.1 Å². The Kier molecular flexibility index (Phi) is 5.43. The molecule has 0 aliphatic carbocycles. The summed E-state index contributed by atoms with van der Waals surface area (Å²) in [4.78, 5) is 12.0. The minimum absolute atomic E-state index is 0. The van der Waals surface area contributed by atoms with E-state index in [4.69, 9.17) is 5.73 Å². The summed E-state index contributed by atoms with van der Waals surface area (Å²) < 4.78 is 37.8. The van der Waals surface area contributed by atoms with Gasteiger partial charge in [-0.2, -0.15) is 13.2 Å². The molecule has 2 aromatic carbocycles. The molecule has 0 aromatic heterocycles. The van der Waals surface area contributed by atoms with Crippen molar-refractivity contribution in [3.8, 4) is 0 Å². The van der Waals surface area contributed by atoms with E-state index < -0.39 is 17.6 Å². The number of hydrogen-bond donors (Lipinski definition) is 2. The van der Waals surface area contributed by atoms with Crippen LogP contribution in [0.15, 0.2) is 42.5 Å². The van der Waals surface area contributed by atoms with Crippen LogP contribution in [-0.4, -0.2) is 5.91 Å². The van der Waals surface area contributed by atoms with Crippen molar-refractivity contribution in [1.82, 2.24) is 0 Å². The molecule has 118 valence electrons. The Hall–Kier alpha value is -2.21. The summed E-state index contributed by atoms with van der Waals surface area (Å²) in [6, 6.07) is 9.16. The number of nitrogens with one attached hydrogen (secondary N) is 1. The molecule has 0 bridgehead atoms. The Bertz CT molecular complexity index is 687. The smallest absolute Gasteiger partial charge is 0.398 e. The molecular weight excluding hydrogens is 317 g/mol. The number of nitrogens with two attached hydrogens (primary N) is 1. The Morgan fingerprint density at radius 2 is 1.82 bits per heavy atom. The fourth-order valence-electron chi connectivity index (χ4n) is 1.76. The van der Waals surface area contributed by atoms with Crippen LogP contribution in [0, 0.1) is 6.92 Å². The van der Waals surface area contributed by atoms with Crippen LogP contribution >= 0.6 is 12.4 Å². The number of alkyl halides is 3. The normalized spacial score (nSPS) is 10.7. The van der Waals surface area contributed by atoms with Gasteiger partial charge in [-0.25, -0.2) is 0 Å². The number of aryl methyl sites for hydroxylation is 1. The minimum Gasteiger partial charge on any atom is -0.398 e. The first-order valence-electron chi connectivity index (χ1n) is 6.12. The molecule has 0 fully saturated rings. The molecule has 0 atom stereocenters. The van der Waals surface area contributed by atoms with Crippen molar-refractivity contribution < 1.29 is 18.0 Å². The van der Waals surface area contributed by atoms with Crippen molar-refractivity contribution in [2.75, 3.05) is 11.1 Å². The van der Waals surface area contributed by atoms with Crippen LogP contribution in [0.4, 0.5) is 24.5 Å². The van der Waals surface area contributed by atoms with Crippen LogP contribution in [-0.2, 0) is 6.18 Å². The molecule has 0 heterocycles. The zero-order chi connectivity index (χ0) is 15.6. The first-order valence-corrected chi connectivity index (χ1v) is 6.12. The lowest BCUT2D eigenvalue weighted by Crippen LogP contribution is -2.14. The fourth-order valence-corrected chi connectivity index (χ4v) is 1.76. The number of hydrogen-bond acceptors (Lipinski definition) is 2. The lowest BCUT2D eigenvalue weighted by molar-refractivity contribution is -0.137. The topological polar surface area (TPSA) is 55.1 Å². The highest BCUT2D eigenvalue weighted by atomic mass is 35.5. The molecule has 2 rings (SSSR count). The molecule has 0 radical (unpaired) electrons. The number of nitrogen functional groups attached to an aromatic ring is 1. The van der Waals surface area contributed by atoms with E-state index in [0.717, 1.165) is 17.7 Å². The van der Waals surface area contributed by atoms with Gasteiger partial charge >= 0.3 is 6.18 Å². The number of carbonyl (C=O) groups is 1. The van der Waals surface area contributed by atoms with E-state index in [1.807, 2.05) is 6.92 Å². The first kappa shape index (κ1) is 17.8. The van der Waals surface area contributed by atoms with Gasteiger partial charge in [-0.15, -0.1) is 12.4 Å². The zero-order valence-corrected chi connectivity index (χ0v) is 12.4. The van der Waals surface area contributed by atoms with Crippen molar-refractivity contribution in [2.24, 2.45) is 0 Å². The van der Waals surface area contributed by atoms with E-state index in [1.54, 1.807) is 18.2 Å². The van der Waals surface area contributed by atoms with Crippen molar-refractivity contribution >= 4 is 29.7 Å². The molecule has 3 nitrogen and oxygen atoms in total. The third-order valence-corrected chi connectivity index (χ3v) is 2.99. The number of anilines is 2. The maximum absolute atomic E-state index is 12.6. The van der Waals surface area contributed by atoms with Crippen LogP contribution in [0.5, 0.6) is 0 Å². The lowest BCUT2D eigenvalue weighted by atomic mass is 10.1. The monoisotopic (exact) mass is 330 g/mol. The van der Waals surface area contributed by atoms with Gasteiger partial charge in [0.25, 0.3) is 5.91 Å². The molecule has 0 aliphatic heterocycles. The van der Waals surface area contributed by atoms with Crippen LogP contribution < -0.4 is 11.1 Å². The Labute approximate surface area is 131 Å². The minimum atomic E-state index is -4.48. The molecule has 3 N–H and O–H groups in total. The third kappa shape index (κ3) is 4.14. The SMILES string of the molecule is Cc1ccc(NC(=O)c2cccc(C(F)(F)F)c2)cc1N.Cl. The average molecular weight is 331 g/mol. The largest absolute Gasteiger partial charge is 0.416 e. The second kappa shape index (κ2) is 6.70. The average Bonchev–Trinajstić information content (AvgIpc) is 2.42. The highest BCUT2D eigenvalue weighted by Crippen LogP contribution is 2.29. The number of carbonyl (C=O) groups excluding carboxylic acids is 1. The van der Waals surface area contributed by atoms with E-state index >= 15 is 0 Å². The van der Waals surface area contributed by atoms with Crippen molar-refractivity contribution in [3.05, 3.63) is 59.2 Å². The van der Waals surface area contributed by atoms with Crippen molar-refractivity contribution in [3.63, 3.8) is 0 Å². The first-order chi connectivity index (χ1) is 9.77. The molecule has 7 heteroatoms. The van der Waals surface area contributed by atoms with Crippen LogP contribution in [0.2, 0.25) is 0 Å². The second-order valence-electron chi connectivity index (χ2n) is 4.60. The third-order valence-electron chi connectivity index (χ3n) is 2.99.